The molecule has 0 aromatic carbocycles. The van der Waals surface area contributed by atoms with E-state index < -0.39 is 6.10 Å². The molecule has 0 rings (SSSR count). The van der Waals surface area contributed by atoms with E-state index in [9.17, 15) is 14.4 Å². The van der Waals surface area contributed by atoms with E-state index >= 15 is 0 Å². The molecule has 0 bridgehead atoms. The third-order valence-electron chi connectivity index (χ3n) is 12.9. The Morgan fingerprint density at radius 2 is 0.435 bits per heavy atom. The first-order chi connectivity index (χ1) is 30.5. The first kappa shape index (κ1) is 60.4. The Balaban J connectivity index is 4.23. The van der Waals surface area contributed by atoms with E-state index in [1.165, 1.54) is 225 Å². The number of carbonyl (C=O) groups is 3. The lowest BCUT2D eigenvalue weighted by atomic mass is 10.0. The number of unbranched alkanes of at least 4 members (excludes halogenated alkanes) is 41. The van der Waals surface area contributed by atoms with E-state index in [0.717, 1.165) is 57.8 Å². The molecule has 0 aliphatic rings. The molecule has 0 heterocycles. The fourth-order valence-corrected chi connectivity index (χ4v) is 8.62. The van der Waals surface area contributed by atoms with Crippen LogP contribution in [0.3, 0.4) is 0 Å². The van der Waals surface area contributed by atoms with E-state index in [1.807, 2.05) is 0 Å². The minimum atomic E-state index is -0.760. The zero-order valence-electron chi connectivity index (χ0n) is 42.2. The Kier molecular flexibility index (Phi) is 50.7. The molecule has 0 spiro atoms. The Hall–Kier alpha value is -1.59. The number of hydrogen-bond donors (Lipinski definition) is 0. The van der Waals surface area contributed by atoms with Crippen LogP contribution >= 0.6 is 0 Å². The second kappa shape index (κ2) is 52.0. The zero-order valence-corrected chi connectivity index (χ0v) is 42.2. The van der Waals surface area contributed by atoms with Gasteiger partial charge in [0.2, 0.25) is 0 Å². The molecule has 0 amide bonds. The number of carbonyl (C=O) groups excluding carboxylic acids is 3. The average molecular weight is 877 g/mol. The third kappa shape index (κ3) is 49.4. The monoisotopic (exact) mass is 877 g/mol. The maximum atomic E-state index is 12.8. The van der Waals surface area contributed by atoms with Crippen molar-refractivity contribution in [1.82, 2.24) is 0 Å². The minimum Gasteiger partial charge on any atom is -0.462 e. The molecule has 6 nitrogen and oxygen atoms in total. The molecule has 0 aromatic heterocycles. The molecule has 0 saturated carbocycles. The molecule has 0 aliphatic heterocycles. The standard InChI is InChI=1S/C56H108O6/c1-4-7-10-13-16-19-22-24-26-27-28-29-30-32-35-37-40-43-46-49-55(58)61-52-53(62-56(59)50-47-44-41-38-33-21-18-15-12-9-6-3)51-60-54(57)48-45-42-39-36-34-31-25-23-20-17-14-11-8-5-2/h53H,4-52H2,1-3H3/t53-/m1/s1. The molecule has 6 heteroatoms. The van der Waals surface area contributed by atoms with Crippen LogP contribution in [0.2, 0.25) is 0 Å². The highest BCUT2D eigenvalue weighted by atomic mass is 16.6. The van der Waals surface area contributed by atoms with Gasteiger partial charge in [-0.2, -0.15) is 0 Å². The number of rotatable bonds is 52. The van der Waals surface area contributed by atoms with Crippen molar-refractivity contribution in [2.45, 2.75) is 329 Å². The summed E-state index contributed by atoms with van der Waals surface area (Å²) in [4.78, 5) is 38.0. The second-order valence-electron chi connectivity index (χ2n) is 19.2. The summed E-state index contributed by atoms with van der Waals surface area (Å²) in [5, 5.41) is 0. The second-order valence-corrected chi connectivity index (χ2v) is 19.2. The Labute approximate surface area is 387 Å². The van der Waals surface area contributed by atoms with Gasteiger partial charge in [-0.15, -0.1) is 0 Å². The molecule has 0 fully saturated rings. The van der Waals surface area contributed by atoms with Crippen LogP contribution in [-0.2, 0) is 28.6 Å². The fraction of sp³-hybridized carbons (Fsp3) is 0.946. The summed E-state index contributed by atoms with van der Waals surface area (Å²) in [5.41, 5.74) is 0. The van der Waals surface area contributed by atoms with E-state index in [1.54, 1.807) is 0 Å². The zero-order chi connectivity index (χ0) is 45.1. The van der Waals surface area contributed by atoms with Gasteiger partial charge in [-0.3, -0.25) is 14.4 Å². The highest BCUT2D eigenvalue weighted by Crippen LogP contribution is 2.17. The normalized spacial score (nSPS) is 11.9. The lowest BCUT2D eigenvalue weighted by Gasteiger charge is -2.18. The SMILES string of the molecule is CCCCCCCCCCCCCCCCCCCCCC(=O)OC[C@@H](COC(=O)CCCCCCCCCCCCCCCC)OC(=O)CCCCCCCCCCCCC. The maximum absolute atomic E-state index is 12.8. The van der Waals surface area contributed by atoms with Crippen LogP contribution in [-0.4, -0.2) is 37.2 Å². The van der Waals surface area contributed by atoms with Crippen molar-refractivity contribution in [3.8, 4) is 0 Å². The smallest absolute Gasteiger partial charge is 0.306 e. The van der Waals surface area contributed by atoms with Crippen molar-refractivity contribution in [3.63, 3.8) is 0 Å². The predicted molar refractivity (Wildman–Crippen MR) is 266 cm³/mol. The van der Waals surface area contributed by atoms with Crippen LogP contribution < -0.4 is 0 Å². The predicted octanol–water partition coefficient (Wildman–Crippen LogP) is 18.4. The average Bonchev–Trinajstić information content (AvgIpc) is 3.27. The van der Waals surface area contributed by atoms with Gasteiger partial charge in [0.1, 0.15) is 13.2 Å². The Morgan fingerprint density at radius 1 is 0.258 bits per heavy atom. The highest BCUT2D eigenvalue weighted by Gasteiger charge is 2.19. The van der Waals surface area contributed by atoms with Crippen molar-refractivity contribution in [2.24, 2.45) is 0 Å². The van der Waals surface area contributed by atoms with Crippen molar-refractivity contribution >= 4 is 17.9 Å². The molecule has 1 atom stereocenters. The van der Waals surface area contributed by atoms with Crippen LogP contribution in [0.1, 0.15) is 323 Å². The number of hydrogen-bond acceptors (Lipinski definition) is 6. The van der Waals surface area contributed by atoms with Gasteiger partial charge in [-0.25, -0.2) is 0 Å². The van der Waals surface area contributed by atoms with Crippen LogP contribution in [0.25, 0.3) is 0 Å². The van der Waals surface area contributed by atoms with Gasteiger partial charge in [0.25, 0.3) is 0 Å². The molecular formula is C56H108O6. The molecule has 0 radical (unpaired) electrons. The Bertz CT molecular complexity index is 920. The van der Waals surface area contributed by atoms with Gasteiger partial charge in [0, 0.05) is 19.3 Å². The Morgan fingerprint density at radius 3 is 0.645 bits per heavy atom. The maximum Gasteiger partial charge on any atom is 0.306 e. The van der Waals surface area contributed by atoms with Crippen LogP contribution in [0, 0.1) is 0 Å². The van der Waals surface area contributed by atoms with Gasteiger partial charge >= 0.3 is 17.9 Å². The summed E-state index contributed by atoms with van der Waals surface area (Å²) in [6, 6.07) is 0. The highest BCUT2D eigenvalue weighted by molar-refractivity contribution is 5.71. The van der Waals surface area contributed by atoms with Crippen molar-refractivity contribution in [2.75, 3.05) is 13.2 Å². The molecule has 0 aliphatic carbocycles. The molecule has 368 valence electrons. The largest absolute Gasteiger partial charge is 0.462 e. The van der Waals surface area contributed by atoms with E-state index in [4.69, 9.17) is 14.2 Å². The van der Waals surface area contributed by atoms with Crippen molar-refractivity contribution in [1.29, 1.82) is 0 Å². The first-order valence-corrected chi connectivity index (χ1v) is 28.0. The van der Waals surface area contributed by atoms with Crippen LogP contribution in [0.15, 0.2) is 0 Å². The lowest BCUT2D eigenvalue weighted by molar-refractivity contribution is -0.167. The van der Waals surface area contributed by atoms with Gasteiger partial charge in [0.15, 0.2) is 6.10 Å². The lowest BCUT2D eigenvalue weighted by Crippen LogP contribution is -2.30. The molecule has 0 saturated heterocycles. The summed E-state index contributed by atoms with van der Waals surface area (Å²) in [7, 11) is 0. The van der Waals surface area contributed by atoms with Crippen molar-refractivity contribution < 1.29 is 28.6 Å². The first-order valence-electron chi connectivity index (χ1n) is 28.0. The molecule has 62 heavy (non-hydrogen) atoms. The molecule has 0 N–H and O–H groups in total. The van der Waals surface area contributed by atoms with E-state index in [-0.39, 0.29) is 31.1 Å². The van der Waals surface area contributed by atoms with E-state index in [2.05, 4.69) is 20.8 Å². The summed E-state index contributed by atoms with van der Waals surface area (Å²) in [6.07, 6.45) is 56.6. The van der Waals surface area contributed by atoms with Crippen LogP contribution in [0.5, 0.6) is 0 Å². The van der Waals surface area contributed by atoms with Gasteiger partial charge in [-0.05, 0) is 19.3 Å². The van der Waals surface area contributed by atoms with Gasteiger partial charge in [0.05, 0.1) is 0 Å². The van der Waals surface area contributed by atoms with Crippen molar-refractivity contribution in [3.05, 3.63) is 0 Å². The summed E-state index contributed by atoms with van der Waals surface area (Å²) in [5.74, 6) is -0.836. The molecular weight excluding hydrogens is 769 g/mol. The summed E-state index contributed by atoms with van der Waals surface area (Å²) < 4.78 is 16.8. The quantitative estimate of drug-likeness (QED) is 0.0344. The van der Waals surface area contributed by atoms with E-state index in [0.29, 0.717) is 19.3 Å². The van der Waals surface area contributed by atoms with Gasteiger partial charge in [-0.1, -0.05) is 284 Å². The van der Waals surface area contributed by atoms with Crippen LogP contribution in [0.4, 0.5) is 0 Å². The number of esters is 3. The minimum absolute atomic E-state index is 0.0614. The summed E-state index contributed by atoms with van der Waals surface area (Å²) >= 11 is 0. The van der Waals surface area contributed by atoms with Gasteiger partial charge < -0.3 is 14.2 Å². The fourth-order valence-electron chi connectivity index (χ4n) is 8.62. The number of ether oxygens (including phenoxy) is 3. The topological polar surface area (TPSA) is 78.9 Å². The summed E-state index contributed by atoms with van der Waals surface area (Å²) in [6.45, 7) is 6.69. The third-order valence-corrected chi connectivity index (χ3v) is 12.9. The molecule has 0 unspecified atom stereocenters. The molecule has 0 aromatic rings.